The molecule has 1 aromatic rings. The van der Waals surface area contributed by atoms with Crippen molar-refractivity contribution in [1.82, 2.24) is 4.98 Å². The Hall–Kier alpha value is -0.690. The van der Waals surface area contributed by atoms with Gasteiger partial charge in [-0.25, -0.2) is 4.98 Å². The predicted molar refractivity (Wildman–Crippen MR) is 75.3 cm³/mol. The molecule has 0 amide bonds. The van der Waals surface area contributed by atoms with E-state index in [1.165, 1.54) is 4.88 Å². The molecule has 0 aromatic carbocycles. The molecule has 0 aliphatic heterocycles. The lowest BCUT2D eigenvalue weighted by atomic mass is 10.3. The Morgan fingerprint density at radius 2 is 1.83 bits per heavy atom. The monoisotopic (exact) mass is 273 g/mol. The standard InChI is InChI=1S/C12H23N3O2S/c1-4-10-11(9-13)18-12(14-10)15(5-7-16-2)6-8-17-3/h4-9,13H2,1-3H3. The van der Waals surface area contributed by atoms with Gasteiger partial charge in [-0.15, -0.1) is 11.3 Å². The van der Waals surface area contributed by atoms with E-state index in [-0.39, 0.29) is 0 Å². The molecule has 0 saturated heterocycles. The molecule has 0 fully saturated rings. The highest BCUT2D eigenvalue weighted by Crippen LogP contribution is 2.26. The highest BCUT2D eigenvalue weighted by atomic mass is 32.1. The molecule has 18 heavy (non-hydrogen) atoms. The smallest absolute Gasteiger partial charge is 0.185 e. The molecule has 0 atom stereocenters. The number of aromatic nitrogens is 1. The van der Waals surface area contributed by atoms with Crippen LogP contribution in [0.3, 0.4) is 0 Å². The van der Waals surface area contributed by atoms with Gasteiger partial charge in [0.25, 0.3) is 0 Å². The summed E-state index contributed by atoms with van der Waals surface area (Å²) in [5, 5.41) is 1.02. The molecule has 5 nitrogen and oxygen atoms in total. The van der Waals surface area contributed by atoms with Crippen LogP contribution in [-0.4, -0.2) is 45.5 Å². The molecular weight excluding hydrogens is 250 g/mol. The SMILES string of the molecule is CCc1nc(N(CCOC)CCOC)sc1CN. The molecule has 0 aliphatic rings. The zero-order chi connectivity index (χ0) is 13.4. The fraction of sp³-hybridized carbons (Fsp3) is 0.750. The van der Waals surface area contributed by atoms with E-state index in [1.807, 2.05) is 0 Å². The Labute approximate surface area is 113 Å². The molecule has 0 bridgehead atoms. The van der Waals surface area contributed by atoms with Crippen LogP contribution in [0.4, 0.5) is 5.13 Å². The number of nitrogens with zero attached hydrogens (tertiary/aromatic N) is 2. The van der Waals surface area contributed by atoms with Gasteiger partial charge in [-0.2, -0.15) is 0 Å². The summed E-state index contributed by atoms with van der Waals surface area (Å²) in [6, 6.07) is 0. The normalized spacial score (nSPS) is 10.9. The Kier molecular flexibility index (Phi) is 7.19. The summed E-state index contributed by atoms with van der Waals surface area (Å²) in [7, 11) is 3.41. The van der Waals surface area contributed by atoms with Crippen molar-refractivity contribution in [3.63, 3.8) is 0 Å². The first-order valence-corrected chi connectivity index (χ1v) is 6.99. The topological polar surface area (TPSA) is 60.6 Å². The highest BCUT2D eigenvalue weighted by molar-refractivity contribution is 7.15. The molecule has 0 saturated carbocycles. The Morgan fingerprint density at radius 3 is 2.22 bits per heavy atom. The van der Waals surface area contributed by atoms with E-state index >= 15 is 0 Å². The number of ether oxygens (including phenoxy) is 2. The van der Waals surface area contributed by atoms with Crippen LogP contribution in [0.5, 0.6) is 0 Å². The molecule has 1 rings (SSSR count). The first-order chi connectivity index (χ1) is 8.76. The van der Waals surface area contributed by atoms with Gasteiger partial charge in [-0.05, 0) is 6.42 Å². The maximum atomic E-state index is 5.74. The van der Waals surface area contributed by atoms with Crippen molar-refractivity contribution in [3.8, 4) is 0 Å². The van der Waals surface area contributed by atoms with Crippen LogP contribution < -0.4 is 10.6 Å². The number of nitrogens with two attached hydrogens (primary N) is 1. The fourth-order valence-corrected chi connectivity index (χ4v) is 2.73. The third-order valence-corrected chi connectivity index (χ3v) is 3.87. The quantitative estimate of drug-likeness (QED) is 0.734. The Balaban J connectivity index is 2.78. The molecule has 0 unspecified atom stereocenters. The Bertz CT molecular complexity index is 315. The molecule has 6 heteroatoms. The number of aryl methyl sites for hydroxylation is 1. The van der Waals surface area contributed by atoms with Crippen LogP contribution >= 0.6 is 11.3 Å². The van der Waals surface area contributed by atoms with Gasteiger partial charge in [-0.3, -0.25) is 0 Å². The zero-order valence-electron chi connectivity index (χ0n) is 11.4. The van der Waals surface area contributed by atoms with Gasteiger partial charge in [-0.1, -0.05) is 6.92 Å². The van der Waals surface area contributed by atoms with Crippen molar-refractivity contribution < 1.29 is 9.47 Å². The lowest BCUT2D eigenvalue weighted by Crippen LogP contribution is -2.30. The van der Waals surface area contributed by atoms with Crippen LogP contribution in [0.1, 0.15) is 17.5 Å². The van der Waals surface area contributed by atoms with Crippen molar-refractivity contribution in [2.75, 3.05) is 45.4 Å². The van der Waals surface area contributed by atoms with Crippen LogP contribution in [0.25, 0.3) is 0 Å². The molecule has 0 spiro atoms. The van der Waals surface area contributed by atoms with Gasteiger partial charge < -0.3 is 20.1 Å². The van der Waals surface area contributed by atoms with Crippen molar-refractivity contribution in [1.29, 1.82) is 0 Å². The number of hydrogen-bond acceptors (Lipinski definition) is 6. The predicted octanol–water partition coefficient (Wildman–Crippen LogP) is 1.26. The number of rotatable bonds is 9. The Morgan fingerprint density at radius 1 is 1.22 bits per heavy atom. The molecule has 104 valence electrons. The summed E-state index contributed by atoms with van der Waals surface area (Å²) in [5.41, 5.74) is 6.85. The van der Waals surface area contributed by atoms with Crippen LogP contribution in [0, 0.1) is 0 Å². The van der Waals surface area contributed by atoms with Crippen molar-refractivity contribution in [2.45, 2.75) is 19.9 Å². The molecule has 0 aliphatic carbocycles. The van der Waals surface area contributed by atoms with Crippen LogP contribution in [-0.2, 0) is 22.4 Å². The summed E-state index contributed by atoms with van der Waals surface area (Å²) in [4.78, 5) is 8.02. The van der Waals surface area contributed by atoms with Gasteiger partial charge in [0, 0.05) is 38.7 Å². The highest BCUT2D eigenvalue weighted by Gasteiger charge is 2.14. The molecule has 1 heterocycles. The average Bonchev–Trinajstić information content (AvgIpc) is 2.82. The van der Waals surface area contributed by atoms with Gasteiger partial charge in [0.2, 0.25) is 0 Å². The third-order valence-electron chi connectivity index (χ3n) is 2.69. The van der Waals surface area contributed by atoms with E-state index in [9.17, 15) is 0 Å². The minimum Gasteiger partial charge on any atom is -0.383 e. The van der Waals surface area contributed by atoms with E-state index in [1.54, 1.807) is 25.6 Å². The van der Waals surface area contributed by atoms with Gasteiger partial charge >= 0.3 is 0 Å². The summed E-state index contributed by atoms with van der Waals surface area (Å²) in [6.45, 7) is 5.67. The van der Waals surface area contributed by atoms with Crippen LogP contribution in [0.2, 0.25) is 0 Å². The van der Waals surface area contributed by atoms with E-state index in [0.717, 1.165) is 30.3 Å². The van der Waals surface area contributed by atoms with E-state index in [2.05, 4.69) is 16.8 Å². The second-order valence-corrected chi connectivity index (χ2v) is 4.96. The fourth-order valence-electron chi connectivity index (χ4n) is 1.65. The van der Waals surface area contributed by atoms with Crippen molar-refractivity contribution >= 4 is 16.5 Å². The first kappa shape index (κ1) is 15.4. The zero-order valence-corrected chi connectivity index (χ0v) is 12.3. The number of methoxy groups -OCH3 is 2. The first-order valence-electron chi connectivity index (χ1n) is 6.18. The van der Waals surface area contributed by atoms with Crippen molar-refractivity contribution in [2.24, 2.45) is 5.73 Å². The summed E-state index contributed by atoms with van der Waals surface area (Å²) < 4.78 is 10.3. The molecule has 2 N–H and O–H groups in total. The summed E-state index contributed by atoms with van der Waals surface area (Å²) in [6.07, 6.45) is 0.922. The minimum atomic E-state index is 0.559. The number of anilines is 1. The largest absolute Gasteiger partial charge is 0.383 e. The van der Waals surface area contributed by atoms with Crippen LogP contribution in [0.15, 0.2) is 0 Å². The van der Waals surface area contributed by atoms with Gasteiger partial charge in [0.05, 0.1) is 18.9 Å². The van der Waals surface area contributed by atoms with E-state index in [0.29, 0.717) is 19.8 Å². The van der Waals surface area contributed by atoms with E-state index < -0.39 is 0 Å². The van der Waals surface area contributed by atoms with E-state index in [4.69, 9.17) is 15.2 Å². The van der Waals surface area contributed by atoms with Gasteiger partial charge in [0.15, 0.2) is 5.13 Å². The summed E-state index contributed by atoms with van der Waals surface area (Å²) in [5.74, 6) is 0. The maximum Gasteiger partial charge on any atom is 0.185 e. The number of hydrogen-bond donors (Lipinski definition) is 1. The van der Waals surface area contributed by atoms with Gasteiger partial charge in [0.1, 0.15) is 0 Å². The summed E-state index contributed by atoms with van der Waals surface area (Å²) >= 11 is 1.67. The lowest BCUT2D eigenvalue weighted by molar-refractivity contribution is 0.190. The second kappa shape index (κ2) is 8.42. The molecule has 1 aromatic heterocycles. The third kappa shape index (κ3) is 4.20. The lowest BCUT2D eigenvalue weighted by Gasteiger charge is -2.20. The molecular formula is C12H23N3O2S. The van der Waals surface area contributed by atoms with Crippen molar-refractivity contribution in [3.05, 3.63) is 10.6 Å². The molecule has 0 radical (unpaired) electrons. The maximum absolute atomic E-state index is 5.74. The number of thiazole rings is 1. The second-order valence-electron chi connectivity index (χ2n) is 3.90. The minimum absolute atomic E-state index is 0.559. The average molecular weight is 273 g/mol.